The zero-order chi connectivity index (χ0) is 14.9. The van der Waals surface area contributed by atoms with Gasteiger partial charge < -0.3 is 9.64 Å². The summed E-state index contributed by atoms with van der Waals surface area (Å²) in [6.07, 6.45) is 0.982. The van der Waals surface area contributed by atoms with Gasteiger partial charge in [0.15, 0.2) is 11.9 Å². The lowest BCUT2D eigenvalue weighted by molar-refractivity contribution is -0.384. The normalized spacial score (nSPS) is 17.6. The number of benzene rings is 1. The third-order valence-corrected chi connectivity index (χ3v) is 3.13. The fourth-order valence-corrected chi connectivity index (χ4v) is 2.13. The number of amides is 1. The minimum Gasteiger partial charge on any atom is -0.478 e. The van der Waals surface area contributed by atoms with Gasteiger partial charge >= 0.3 is 0 Å². The molecule has 6 nitrogen and oxygen atoms in total. The van der Waals surface area contributed by atoms with Crippen molar-refractivity contribution in [2.45, 2.75) is 20.0 Å². The van der Waals surface area contributed by atoms with Crippen molar-refractivity contribution in [1.29, 1.82) is 0 Å². The van der Waals surface area contributed by atoms with Gasteiger partial charge in [0.2, 0.25) is 0 Å². The molecule has 1 aromatic rings. The van der Waals surface area contributed by atoms with Crippen LogP contribution in [0.15, 0.2) is 30.9 Å². The molecule has 6 heteroatoms. The number of nitrogens with zero attached hydrogens (tertiary/aromatic N) is 2. The quantitative estimate of drug-likeness (QED) is 0.481. The predicted octanol–water partition coefficient (Wildman–Crippen LogP) is 2.53. The number of non-ortho nitro benzene ring substituents is 1. The van der Waals surface area contributed by atoms with E-state index in [0.717, 1.165) is 0 Å². The Morgan fingerprint density at radius 1 is 1.55 bits per heavy atom. The Hall–Kier alpha value is -2.37. The van der Waals surface area contributed by atoms with Crippen LogP contribution in [-0.2, 0) is 4.79 Å². The smallest absolute Gasteiger partial charge is 0.273 e. The Labute approximate surface area is 116 Å². The number of rotatable bonds is 4. The molecule has 1 heterocycles. The molecular weight excluding hydrogens is 260 g/mol. The molecule has 0 aliphatic carbocycles. The van der Waals surface area contributed by atoms with Crippen LogP contribution in [0.3, 0.4) is 0 Å². The molecule has 2 rings (SSSR count). The number of ether oxygens (including phenoxy) is 1. The first kappa shape index (κ1) is 14.0. The molecule has 0 N–H and O–H groups in total. The highest BCUT2D eigenvalue weighted by Crippen LogP contribution is 2.38. The van der Waals surface area contributed by atoms with Gasteiger partial charge in [0.25, 0.3) is 11.6 Å². The summed E-state index contributed by atoms with van der Waals surface area (Å²) in [4.78, 5) is 24.2. The van der Waals surface area contributed by atoms with Crippen LogP contribution >= 0.6 is 0 Å². The highest BCUT2D eigenvalue weighted by Gasteiger charge is 2.36. The zero-order valence-electron chi connectivity index (χ0n) is 11.4. The van der Waals surface area contributed by atoms with Crippen molar-refractivity contribution in [3.8, 4) is 5.75 Å². The van der Waals surface area contributed by atoms with E-state index in [2.05, 4.69) is 6.58 Å². The standard InChI is InChI=1S/C14H16N2O4/c1-4-7-15-11-6-5-10(16(18)19)8-12(11)20-13(9(2)3)14(15)17/h4-6,8-9,13H,1,7H2,2-3H3. The van der Waals surface area contributed by atoms with E-state index in [9.17, 15) is 14.9 Å². The highest BCUT2D eigenvalue weighted by molar-refractivity contribution is 6.00. The van der Waals surface area contributed by atoms with Crippen molar-refractivity contribution in [3.05, 3.63) is 41.0 Å². The topological polar surface area (TPSA) is 72.7 Å². The van der Waals surface area contributed by atoms with Crippen molar-refractivity contribution in [3.63, 3.8) is 0 Å². The number of nitro groups is 1. The van der Waals surface area contributed by atoms with Crippen molar-refractivity contribution >= 4 is 17.3 Å². The van der Waals surface area contributed by atoms with Gasteiger partial charge in [-0.3, -0.25) is 14.9 Å². The first-order valence-corrected chi connectivity index (χ1v) is 6.33. The van der Waals surface area contributed by atoms with E-state index >= 15 is 0 Å². The summed E-state index contributed by atoms with van der Waals surface area (Å²) in [5.41, 5.74) is 0.483. The summed E-state index contributed by atoms with van der Waals surface area (Å²) in [6, 6.07) is 4.25. The average Bonchev–Trinajstić information content (AvgIpc) is 2.40. The Balaban J connectivity index is 2.49. The maximum Gasteiger partial charge on any atom is 0.273 e. The minimum atomic E-state index is -0.635. The molecule has 1 aromatic carbocycles. The van der Waals surface area contributed by atoms with Gasteiger partial charge in [0, 0.05) is 12.6 Å². The summed E-state index contributed by atoms with van der Waals surface area (Å²) >= 11 is 0. The second-order valence-electron chi connectivity index (χ2n) is 4.93. The fourth-order valence-electron chi connectivity index (χ4n) is 2.13. The molecule has 106 valence electrons. The van der Waals surface area contributed by atoms with Crippen LogP contribution in [0.1, 0.15) is 13.8 Å². The van der Waals surface area contributed by atoms with E-state index in [-0.39, 0.29) is 17.5 Å². The summed E-state index contributed by atoms with van der Waals surface area (Å²) in [5.74, 6) is 0.183. The number of carbonyl (C=O) groups is 1. The molecule has 1 atom stereocenters. The van der Waals surface area contributed by atoms with Crippen LogP contribution in [0.4, 0.5) is 11.4 Å². The summed E-state index contributed by atoms with van der Waals surface area (Å²) in [7, 11) is 0. The molecule has 0 aromatic heterocycles. The monoisotopic (exact) mass is 276 g/mol. The lowest BCUT2D eigenvalue weighted by Crippen LogP contribution is -2.48. The lowest BCUT2D eigenvalue weighted by atomic mass is 10.0. The van der Waals surface area contributed by atoms with Crippen LogP contribution in [0.5, 0.6) is 5.75 Å². The molecule has 1 aliphatic heterocycles. The molecule has 0 saturated heterocycles. The minimum absolute atomic E-state index is 0.0257. The van der Waals surface area contributed by atoms with E-state index in [1.54, 1.807) is 11.0 Å². The molecule has 0 radical (unpaired) electrons. The van der Waals surface area contributed by atoms with Crippen LogP contribution in [0.25, 0.3) is 0 Å². The maximum absolute atomic E-state index is 12.4. The number of nitro benzene ring substituents is 1. The van der Waals surface area contributed by atoms with Crippen molar-refractivity contribution < 1.29 is 14.5 Å². The molecule has 0 spiro atoms. The van der Waals surface area contributed by atoms with E-state index in [0.29, 0.717) is 18.0 Å². The Kier molecular flexibility index (Phi) is 3.74. The maximum atomic E-state index is 12.4. The second-order valence-corrected chi connectivity index (χ2v) is 4.93. The van der Waals surface area contributed by atoms with Gasteiger partial charge in [0.05, 0.1) is 16.7 Å². The van der Waals surface area contributed by atoms with Crippen molar-refractivity contribution in [2.75, 3.05) is 11.4 Å². The highest BCUT2D eigenvalue weighted by atomic mass is 16.6. The number of anilines is 1. The van der Waals surface area contributed by atoms with Gasteiger partial charge in [0.1, 0.15) is 0 Å². The van der Waals surface area contributed by atoms with E-state index in [1.165, 1.54) is 18.2 Å². The molecule has 1 amide bonds. The van der Waals surface area contributed by atoms with Crippen molar-refractivity contribution in [2.24, 2.45) is 5.92 Å². The van der Waals surface area contributed by atoms with Gasteiger partial charge in [-0.05, 0) is 12.0 Å². The van der Waals surface area contributed by atoms with Crippen molar-refractivity contribution in [1.82, 2.24) is 0 Å². The number of hydrogen-bond donors (Lipinski definition) is 0. The van der Waals surface area contributed by atoms with Gasteiger partial charge in [-0.15, -0.1) is 6.58 Å². The number of fused-ring (bicyclic) bond motifs is 1. The third-order valence-electron chi connectivity index (χ3n) is 3.13. The average molecular weight is 276 g/mol. The van der Waals surface area contributed by atoms with Gasteiger partial charge in [-0.25, -0.2) is 0 Å². The SMILES string of the molecule is C=CCN1C(=O)C(C(C)C)Oc2cc([N+](=O)[O-])ccc21. The van der Waals surface area contributed by atoms with E-state index in [4.69, 9.17) is 4.74 Å². The fraction of sp³-hybridized carbons (Fsp3) is 0.357. The largest absolute Gasteiger partial charge is 0.478 e. The zero-order valence-corrected chi connectivity index (χ0v) is 11.4. The molecule has 0 saturated carbocycles. The Bertz CT molecular complexity index is 568. The summed E-state index contributed by atoms with van der Waals surface area (Å²) < 4.78 is 5.64. The summed E-state index contributed by atoms with van der Waals surface area (Å²) in [5, 5.41) is 10.8. The molecule has 0 fully saturated rings. The lowest BCUT2D eigenvalue weighted by Gasteiger charge is -2.35. The van der Waals surface area contributed by atoms with Crippen LogP contribution in [-0.4, -0.2) is 23.5 Å². The van der Waals surface area contributed by atoms with E-state index < -0.39 is 11.0 Å². The first-order valence-electron chi connectivity index (χ1n) is 6.33. The molecule has 0 bridgehead atoms. The van der Waals surface area contributed by atoms with Crippen LogP contribution < -0.4 is 9.64 Å². The number of hydrogen-bond acceptors (Lipinski definition) is 4. The molecule has 1 unspecified atom stereocenters. The summed E-state index contributed by atoms with van der Waals surface area (Å²) in [6.45, 7) is 7.72. The second kappa shape index (κ2) is 5.32. The first-order chi connectivity index (χ1) is 9.45. The van der Waals surface area contributed by atoms with Gasteiger partial charge in [-0.1, -0.05) is 19.9 Å². The predicted molar refractivity (Wildman–Crippen MR) is 74.9 cm³/mol. The Morgan fingerprint density at radius 3 is 2.80 bits per heavy atom. The van der Waals surface area contributed by atoms with Crippen LogP contribution in [0, 0.1) is 16.0 Å². The third kappa shape index (κ3) is 2.36. The van der Waals surface area contributed by atoms with Gasteiger partial charge in [-0.2, -0.15) is 0 Å². The molecular formula is C14H16N2O4. The number of carbonyl (C=O) groups excluding carboxylic acids is 1. The Morgan fingerprint density at radius 2 is 2.25 bits per heavy atom. The molecule has 20 heavy (non-hydrogen) atoms. The van der Waals surface area contributed by atoms with Crippen LogP contribution in [0.2, 0.25) is 0 Å². The molecule has 1 aliphatic rings. The van der Waals surface area contributed by atoms with E-state index in [1.807, 2.05) is 13.8 Å².